The fourth-order valence-electron chi connectivity index (χ4n) is 4.85. The fraction of sp³-hybridized carbons (Fsp3) is 0.579. The lowest BCUT2D eigenvalue weighted by molar-refractivity contribution is -0.136. The molecule has 3 unspecified atom stereocenters. The molecule has 2 aliphatic carbocycles. The highest BCUT2D eigenvalue weighted by molar-refractivity contribution is 9.10. The van der Waals surface area contributed by atoms with Crippen molar-refractivity contribution in [3.63, 3.8) is 0 Å². The van der Waals surface area contributed by atoms with Gasteiger partial charge in [0, 0.05) is 12.0 Å². The quantitative estimate of drug-likeness (QED) is 0.781. The number of fused-ring (bicyclic) bond motifs is 3. The molecule has 4 rings (SSSR count). The Morgan fingerprint density at radius 1 is 1.24 bits per heavy atom. The number of amides is 1. The van der Waals surface area contributed by atoms with Gasteiger partial charge in [-0.25, -0.2) is 0 Å². The minimum absolute atomic E-state index is 0.0494. The first-order chi connectivity index (χ1) is 11.7. The van der Waals surface area contributed by atoms with Crippen molar-refractivity contribution in [2.24, 2.45) is 16.2 Å². The second-order valence-electron chi connectivity index (χ2n) is 8.03. The third-order valence-corrected chi connectivity index (χ3v) is 8.21. The molecule has 134 valence electrons. The Hall–Kier alpha value is -1.56. The minimum Gasteiger partial charge on any atom is -0.454 e. The summed E-state index contributed by atoms with van der Waals surface area (Å²) in [7, 11) is 0. The maximum Gasteiger partial charge on any atom is 0.231 e. The van der Waals surface area contributed by atoms with E-state index in [1.807, 2.05) is 25.1 Å². The summed E-state index contributed by atoms with van der Waals surface area (Å²) >= 11 is 3.55. The van der Waals surface area contributed by atoms with E-state index >= 15 is 0 Å². The summed E-state index contributed by atoms with van der Waals surface area (Å²) in [5, 5.41) is 3.06. The number of ketones is 1. The number of ether oxygens (including phenoxy) is 2. The molecule has 1 amide bonds. The second-order valence-corrected chi connectivity index (χ2v) is 8.94. The van der Waals surface area contributed by atoms with E-state index in [9.17, 15) is 9.59 Å². The smallest absolute Gasteiger partial charge is 0.231 e. The zero-order chi connectivity index (χ0) is 18.0. The zero-order valence-electron chi connectivity index (χ0n) is 14.6. The molecule has 3 atom stereocenters. The Kier molecular flexibility index (Phi) is 3.53. The highest BCUT2D eigenvalue weighted by atomic mass is 79.9. The molecule has 3 aliphatic rings. The van der Waals surface area contributed by atoms with Crippen molar-refractivity contribution in [2.45, 2.75) is 45.0 Å². The van der Waals surface area contributed by atoms with Crippen LogP contribution in [0.5, 0.6) is 11.5 Å². The predicted molar refractivity (Wildman–Crippen MR) is 95.7 cm³/mol. The number of Topliss-reactive ketones (excluding diaryl/α,β-unsaturated/α-hetero) is 1. The first kappa shape index (κ1) is 16.9. The molecule has 0 spiro atoms. The van der Waals surface area contributed by atoms with Gasteiger partial charge in [0.1, 0.15) is 0 Å². The lowest BCUT2D eigenvalue weighted by Gasteiger charge is -2.39. The van der Waals surface area contributed by atoms with Gasteiger partial charge in [0.05, 0.1) is 10.2 Å². The Balaban J connectivity index is 1.56. The number of carbonyl (C=O) groups is 2. The predicted octanol–water partition coefficient (Wildman–Crippen LogP) is 3.19. The van der Waals surface area contributed by atoms with E-state index in [4.69, 9.17) is 9.47 Å². The Morgan fingerprint density at radius 3 is 2.64 bits per heavy atom. The van der Waals surface area contributed by atoms with Crippen LogP contribution in [0, 0.1) is 16.2 Å². The molecule has 1 aromatic carbocycles. The van der Waals surface area contributed by atoms with Crippen LogP contribution in [-0.4, -0.2) is 23.3 Å². The fourth-order valence-corrected chi connectivity index (χ4v) is 6.36. The molecule has 0 saturated heterocycles. The van der Waals surface area contributed by atoms with Crippen LogP contribution < -0.4 is 14.8 Å². The minimum atomic E-state index is -0.699. The van der Waals surface area contributed by atoms with Gasteiger partial charge in [-0.2, -0.15) is 0 Å². The molecule has 0 radical (unpaired) electrons. The SMILES string of the molecule is CC12CCC(C(=O)NCc3ccc4c(c3)OCO4)(C(Br)C1=O)C2(C)C. The lowest BCUT2D eigenvalue weighted by Crippen LogP contribution is -2.50. The van der Waals surface area contributed by atoms with Crippen molar-refractivity contribution in [1.29, 1.82) is 0 Å². The number of carbonyl (C=O) groups excluding carboxylic acids is 2. The van der Waals surface area contributed by atoms with Crippen LogP contribution in [0.25, 0.3) is 0 Å². The standard InChI is InChI=1S/C19H22BrNO4/c1-17(2)18(3)6-7-19(17,14(20)15(18)22)16(23)21-9-11-4-5-12-13(8-11)25-10-24-12/h4-5,8,14H,6-7,9-10H2,1-3H3,(H,21,23). The molecule has 0 aromatic heterocycles. The number of benzene rings is 1. The van der Waals surface area contributed by atoms with Crippen LogP contribution in [0.4, 0.5) is 0 Å². The average Bonchev–Trinajstić information content (AvgIpc) is 3.15. The van der Waals surface area contributed by atoms with Gasteiger partial charge in [-0.15, -0.1) is 0 Å². The molecular weight excluding hydrogens is 386 g/mol. The van der Waals surface area contributed by atoms with E-state index in [0.717, 1.165) is 24.2 Å². The van der Waals surface area contributed by atoms with Crippen LogP contribution in [0.2, 0.25) is 0 Å². The van der Waals surface area contributed by atoms with E-state index in [1.54, 1.807) is 0 Å². The molecule has 2 saturated carbocycles. The highest BCUT2D eigenvalue weighted by Gasteiger charge is 2.76. The summed E-state index contributed by atoms with van der Waals surface area (Å²) in [5.74, 6) is 1.53. The summed E-state index contributed by atoms with van der Waals surface area (Å²) in [6.45, 7) is 6.74. The van der Waals surface area contributed by atoms with Gasteiger partial charge in [0.15, 0.2) is 17.3 Å². The van der Waals surface area contributed by atoms with Gasteiger partial charge >= 0.3 is 0 Å². The Labute approximate surface area is 155 Å². The van der Waals surface area contributed by atoms with E-state index in [0.29, 0.717) is 12.3 Å². The zero-order valence-corrected chi connectivity index (χ0v) is 16.2. The number of hydrogen-bond donors (Lipinski definition) is 1. The van der Waals surface area contributed by atoms with Crippen LogP contribution >= 0.6 is 15.9 Å². The molecule has 2 bridgehead atoms. The van der Waals surface area contributed by atoms with Gasteiger partial charge in [-0.3, -0.25) is 9.59 Å². The molecule has 2 fully saturated rings. The number of hydrogen-bond acceptors (Lipinski definition) is 4. The monoisotopic (exact) mass is 407 g/mol. The van der Waals surface area contributed by atoms with Gasteiger partial charge in [-0.05, 0) is 36.0 Å². The maximum absolute atomic E-state index is 13.2. The average molecular weight is 408 g/mol. The number of nitrogens with one attached hydrogen (secondary N) is 1. The molecule has 1 N–H and O–H groups in total. The van der Waals surface area contributed by atoms with Gasteiger partial charge in [0.2, 0.25) is 12.7 Å². The van der Waals surface area contributed by atoms with Crippen molar-refractivity contribution in [3.8, 4) is 11.5 Å². The van der Waals surface area contributed by atoms with Crippen LogP contribution in [0.1, 0.15) is 39.2 Å². The number of halogens is 1. The van der Waals surface area contributed by atoms with Crippen LogP contribution in [0.15, 0.2) is 18.2 Å². The summed E-state index contributed by atoms with van der Waals surface area (Å²) in [5.41, 5.74) is -0.584. The summed E-state index contributed by atoms with van der Waals surface area (Å²) < 4.78 is 10.7. The van der Waals surface area contributed by atoms with Gasteiger partial charge in [-0.1, -0.05) is 42.8 Å². The topological polar surface area (TPSA) is 64.6 Å². The molecule has 1 aliphatic heterocycles. The summed E-state index contributed by atoms with van der Waals surface area (Å²) in [6, 6.07) is 5.65. The first-order valence-corrected chi connectivity index (χ1v) is 9.51. The van der Waals surface area contributed by atoms with Crippen LogP contribution in [-0.2, 0) is 16.1 Å². The molecule has 1 aromatic rings. The molecular formula is C19H22BrNO4. The number of rotatable bonds is 3. The molecule has 1 heterocycles. The van der Waals surface area contributed by atoms with Crippen molar-refractivity contribution in [3.05, 3.63) is 23.8 Å². The summed E-state index contributed by atoms with van der Waals surface area (Å²) in [4.78, 5) is 25.5. The molecule has 25 heavy (non-hydrogen) atoms. The first-order valence-electron chi connectivity index (χ1n) is 8.59. The van der Waals surface area contributed by atoms with E-state index in [2.05, 4.69) is 35.1 Å². The van der Waals surface area contributed by atoms with Crippen molar-refractivity contribution >= 4 is 27.6 Å². The van der Waals surface area contributed by atoms with Crippen molar-refractivity contribution < 1.29 is 19.1 Å². The Morgan fingerprint density at radius 2 is 1.96 bits per heavy atom. The van der Waals surface area contributed by atoms with Gasteiger partial charge < -0.3 is 14.8 Å². The second kappa shape index (κ2) is 5.22. The van der Waals surface area contributed by atoms with E-state index in [-0.39, 0.29) is 23.9 Å². The lowest BCUT2D eigenvalue weighted by atomic mass is 9.64. The number of alkyl halides is 1. The third kappa shape index (κ3) is 1.94. The van der Waals surface area contributed by atoms with Crippen molar-refractivity contribution in [2.75, 3.05) is 6.79 Å². The van der Waals surface area contributed by atoms with Crippen molar-refractivity contribution in [1.82, 2.24) is 5.32 Å². The van der Waals surface area contributed by atoms with Crippen LogP contribution in [0.3, 0.4) is 0 Å². The summed E-state index contributed by atoms with van der Waals surface area (Å²) in [6.07, 6.45) is 1.49. The Bertz CT molecular complexity index is 777. The maximum atomic E-state index is 13.2. The molecule has 6 heteroatoms. The van der Waals surface area contributed by atoms with Gasteiger partial charge in [0.25, 0.3) is 0 Å². The van der Waals surface area contributed by atoms with E-state index in [1.165, 1.54) is 0 Å². The largest absolute Gasteiger partial charge is 0.454 e. The molecule has 5 nitrogen and oxygen atoms in total. The van der Waals surface area contributed by atoms with E-state index < -0.39 is 15.7 Å². The normalized spacial score (nSPS) is 34.4. The highest BCUT2D eigenvalue weighted by Crippen LogP contribution is 2.72. The third-order valence-electron chi connectivity index (χ3n) is 7.02.